The first-order valence-electron chi connectivity index (χ1n) is 7.97. The van der Waals surface area contributed by atoms with Crippen molar-refractivity contribution in [1.29, 1.82) is 0 Å². The second kappa shape index (κ2) is 6.58. The average molecular weight is 287 g/mol. The highest BCUT2D eigenvalue weighted by atomic mass is 16.2. The number of piperidine rings is 1. The van der Waals surface area contributed by atoms with Crippen LogP contribution in [0.3, 0.4) is 0 Å². The van der Waals surface area contributed by atoms with Crippen LogP contribution < -0.4 is 5.32 Å². The molecule has 21 heavy (non-hydrogen) atoms. The second-order valence-electron chi connectivity index (χ2n) is 6.32. The molecule has 2 aliphatic rings. The lowest BCUT2D eigenvalue weighted by Gasteiger charge is -2.40. The van der Waals surface area contributed by atoms with Gasteiger partial charge in [0.1, 0.15) is 0 Å². The lowest BCUT2D eigenvalue weighted by molar-refractivity contribution is -0.139. The van der Waals surface area contributed by atoms with E-state index in [0.717, 1.165) is 39.1 Å². The Balaban J connectivity index is 1.56. The number of amides is 1. The number of benzene rings is 1. The Morgan fingerprint density at radius 3 is 2.76 bits per heavy atom. The van der Waals surface area contributed by atoms with Crippen molar-refractivity contribution < 1.29 is 4.79 Å². The Morgan fingerprint density at radius 1 is 1.33 bits per heavy atom. The summed E-state index contributed by atoms with van der Waals surface area (Å²) in [5.41, 5.74) is 1.36. The maximum atomic E-state index is 12.4. The Kier molecular flexibility index (Phi) is 4.56. The predicted molar refractivity (Wildman–Crippen MR) is 83.9 cm³/mol. The largest absolute Gasteiger partial charge is 0.341 e. The van der Waals surface area contributed by atoms with Crippen molar-refractivity contribution in [2.45, 2.75) is 25.4 Å². The van der Waals surface area contributed by atoms with Gasteiger partial charge in [0.25, 0.3) is 0 Å². The third-order valence-electron chi connectivity index (χ3n) is 4.76. The van der Waals surface area contributed by atoms with Crippen molar-refractivity contribution in [2.24, 2.45) is 5.92 Å². The molecule has 0 aromatic heterocycles. The summed E-state index contributed by atoms with van der Waals surface area (Å²) in [5, 5.41) is 3.18. The van der Waals surface area contributed by atoms with Gasteiger partial charge in [-0.1, -0.05) is 30.3 Å². The summed E-state index contributed by atoms with van der Waals surface area (Å²) in [5.74, 6) is 0.528. The molecule has 2 heterocycles. The van der Waals surface area contributed by atoms with Gasteiger partial charge >= 0.3 is 0 Å². The summed E-state index contributed by atoms with van der Waals surface area (Å²) < 4.78 is 0. The van der Waals surface area contributed by atoms with Crippen molar-refractivity contribution in [2.75, 3.05) is 33.2 Å². The van der Waals surface area contributed by atoms with E-state index in [0.29, 0.717) is 11.9 Å². The van der Waals surface area contributed by atoms with Crippen molar-refractivity contribution in [3.63, 3.8) is 0 Å². The number of carbonyl (C=O) groups is 1. The number of nitrogens with one attached hydrogen (secondary N) is 1. The molecule has 2 aliphatic heterocycles. The molecule has 4 nitrogen and oxygen atoms in total. The molecule has 114 valence electrons. The molecular weight excluding hydrogens is 262 g/mol. The fraction of sp³-hybridized carbons (Fsp3) is 0.588. The van der Waals surface area contributed by atoms with E-state index in [9.17, 15) is 4.79 Å². The Morgan fingerprint density at radius 2 is 2.10 bits per heavy atom. The van der Waals surface area contributed by atoms with Gasteiger partial charge in [-0.2, -0.15) is 0 Å². The fourth-order valence-corrected chi connectivity index (χ4v) is 3.26. The third kappa shape index (κ3) is 3.44. The predicted octanol–water partition coefficient (Wildman–Crippen LogP) is 1.33. The molecule has 1 unspecified atom stereocenters. The van der Waals surface area contributed by atoms with Crippen molar-refractivity contribution in [1.82, 2.24) is 15.1 Å². The first kappa shape index (κ1) is 14.5. The Hall–Kier alpha value is -1.39. The zero-order valence-corrected chi connectivity index (χ0v) is 12.8. The summed E-state index contributed by atoms with van der Waals surface area (Å²) >= 11 is 0. The zero-order valence-electron chi connectivity index (χ0n) is 12.8. The van der Waals surface area contributed by atoms with Crippen LogP contribution in [0.15, 0.2) is 30.3 Å². The molecule has 1 amide bonds. The molecular formula is C17H25N3O. The number of likely N-dealkylation sites (N-methyl/N-ethyl adjacent to an activating group) is 1. The molecule has 3 rings (SSSR count). The number of nitrogens with zero attached hydrogens (tertiary/aromatic N) is 2. The minimum Gasteiger partial charge on any atom is -0.341 e. The van der Waals surface area contributed by atoms with E-state index in [1.807, 2.05) is 11.9 Å². The van der Waals surface area contributed by atoms with Crippen LogP contribution in [0.2, 0.25) is 0 Å². The summed E-state index contributed by atoms with van der Waals surface area (Å²) in [7, 11) is 1.98. The molecule has 0 radical (unpaired) electrons. The van der Waals surface area contributed by atoms with Gasteiger partial charge in [0.05, 0.1) is 5.92 Å². The minimum absolute atomic E-state index is 0.208. The van der Waals surface area contributed by atoms with Gasteiger partial charge < -0.3 is 10.2 Å². The van der Waals surface area contributed by atoms with E-state index in [2.05, 4.69) is 40.5 Å². The van der Waals surface area contributed by atoms with Crippen LogP contribution in [0.5, 0.6) is 0 Å². The molecule has 0 saturated carbocycles. The van der Waals surface area contributed by atoms with Crippen LogP contribution in [-0.2, 0) is 11.3 Å². The van der Waals surface area contributed by atoms with Gasteiger partial charge in [-0.3, -0.25) is 9.69 Å². The molecule has 2 fully saturated rings. The quantitative estimate of drug-likeness (QED) is 0.907. The molecule has 1 aromatic carbocycles. The van der Waals surface area contributed by atoms with Crippen LogP contribution in [0.1, 0.15) is 18.4 Å². The zero-order chi connectivity index (χ0) is 14.7. The topological polar surface area (TPSA) is 35.6 Å². The van der Waals surface area contributed by atoms with Crippen LogP contribution in [-0.4, -0.2) is 55.0 Å². The highest BCUT2D eigenvalue weighted by Gasteiger charge is 2.32. The van der Waals surface area contributed by atoms with E-state index in [-0.39, 0.29) is 5.92 Å². The van der Waals surface area contributed by atoms with E-state index >= 15 is 0 Å². The monoisotopic (exact) mass is 287 g/mol. The van der Waals surface area contributed by atoms with Gasteiger partial charge in [0, 0.05) is 39.3 Å². The number of hydrogen-bond donors (Lipinski definition) is 1. The van der Waals surface area contributed by atoms with Crippen molar-refractivity contribution in [3.05, 3.63) is 35.9 Å². The maximum absolute atomic E-state index is 12.4. The van der Waals surface area contributed by atoms with Crippen LogP contribution in [0.25, 0.3) is 0 Å². The molecule has 1 N–H and O–H groups in total. The molecule has 4 heteroatoms. The van der Waals surface area contributed by atoms with Crippen LogP contribution in [0.4, 0.5) is 0 Å². The molecule has 0 bridgehead atoms. The van der Waals surface area contributed by atoms with E-state index in [1.54, 1.807) is 0 Å². The van der Waals surface area contributed by atoms with Crippen LogP contribution in [0, 0.1) is 5.92 Å². The molecule has 1 aromatic rings. The number of likely N-dealkylation sites (tertiary alicyclic amines) is 1. The summed E-state index contributed by atoms with van der Waals surface area (Å²) in [6, 6.07) is 11.0. The first-order valence-corrected chi connectivity index (χ1v) is 7.97. The Bertz CT molecular complexity index is 472. The smallest absolute Gasteiger partial charge is 0.228 e. The van der Waals surface area contributed by atoms with Gasteiger partial charge in [-0.05, 0) is 24.9 Å². The highest BCUT2D eigenvalue weighted by molar-refractivity contribution is 5.80. The lowest BCUT2D eigenvalue weighted by atomic mass is 9.98. The van der Waals surface area contributed by atoms with Gasteiger partial charge in [-0.15, -0.1) is 0 Å². The lowest BCUT2D eigenvalue weighted by Crippen LogP contribution is -2.55. The van der Waals surface area contributed by atoms with Crippen molar-refractivity contribution >= 4 is 5.91 Å². The normalized spacial score (nSPS) is 23.6. The van der Waals surface area contributed by atoms with E-state index in [1.165, 1.54) is 12.0 Å². The van der Waals surface area contributed by atoms with E-state index < -0.39 is 0 Å². The minimum atomic E-state index is 0.208. The standard InChI is InChI=1S/C17H25N3O/c1-19(17(21)15-10-18-11-15)16-8-5-9-20(13-16)12-14-6-3-2-4-7-14/h2-4,6-7,15-16,18H,5,8-13H2,1H3. The maximum Gasteiger partial charge on any atom is 0.228 e. The van der Waals surface area contributed by atoms with Crippen molar-refractivity contribution in [3.8, 4) is 0 Å². The van der Waals surface area contributed by atoms with Crippen LogP contribution >= 0.6 is 0 Å². The molecule has 2 saturated heterocycles. The average Bonchev–Trinajstić information content (AvgIpc) is 2.46. The number of carbonyl (C=O) groups excluding carboxylic acids is 1. The summed E-state index contributed by atoms with van der Waals surface area (Å²) in [4.78, 5) is 16.8. The third-order valence-corrected chi connectivity index (χ3v) is 4.76. The second-order valence-corrected chi connectivity index (χ2v) is 6.32. The first-order chi connectivity index (χ1) is 10.2. The van der Waals surface area contributed by atoms with Gasteiger partial charge in [0.2, 0.25) is 5.91 Å². The number of hydrogen-bond acceptors (Lipinski definition) is 3. The van der Waals surface area contributed by atoms with Gasteiger partial charge in [-0.25, -0.2) is 0 Å². The van der Waals surface area contributed by atoms with Gasteiger partial charge in [0.15, 0.2) is 0 Å². The number of rotatable bonds is 4. The SMILES string of the molecule is CN(C(=O)C1CNC1)C1CCCN(Cc2ccccc2)C1. The Labute approximate surface area is 127 Å². The summed E-state index contributed by atoms with van der Waals surface area (Å²) in [6.45, 7) is 4.83. The molecule has 0 spiro atoms. The summed E-state index contributed by atoms with van der Waals surface area (Å²) in [6.07, 6.45) is 2.31. The highest BCUT2D eigenvalue weighted by Crippen LogP contribution is 2.19. The van der Waals surface area contributed by atoms with E-state index in [4.69, 9.17) is 0 Å². The molecule has 1 atom stereocenters. The molecule has 0 aliphatic carbocycles. The fourth-order valence-electron chi connectivity index (χ4n) is 3.26.